The summed E-state index contributed by atoms with van der Waals surface area (Å²) in [6.45, 7) is 8.85. The Bertz CT molecular complexity index is 219. The van der Waals surface area contributed by atoms with Gasteiger partial charge in [0.1, 0.15) is 6.04 Å². The van der Waals surface area contributed by atoms with Crippen LogP contribution in [0.5, 0.6) is 0 Å². The van der Waals surface area contributed by atoms with Gasteiger partial charge in [-0.1, -0.05) is 20.8 Å². The van der Waals surface area contributed by atoms with Crippen molar-refractivity contribution >= 4 is 5.97 Å². The van der Waals surface area contributed by atoms with Gasteiger partial charge in [-0.05, 0) is 18.9 Å². The predicted molar refractivity (Wildman–Crippen MR) is 59.9 cm³/mol. The quantitative estimate of drug-likeness (QED) is 0.710. The van der Waals surface area contributed by atoms with Crippen LogP contribution in [0.2, 0.25) is 0 Å². The standard InChI is InChI=1S/C11H22N2O2/c1-8(2)12-10(11(14)15)7-13-5-4-9(3)6-13/h8-10,12H,4-7H2,1-3H3,(H,14,15). The lowest BCUT2D eigenvalue weighted by Crippen LogP contribution is -2.48. The Morgan fingerprint density at radius 1 is 1.60 bits per heavy atom. The van der Waals surface area contributed by atoms with Crippen molar-refractivity contribution in [2.75, 3.05) is 19.6 Å². The molecule has 1 heterocycles. The summed E-state index contributed by atoms with van der Waals surface area (Å²) in [5.74, 6) is -0.0400. The minimum Gasteiger partial charge on any atom is -0.480 e. The summed E-state index contributed by atoms with van der Waals surface area (Å²) in [5.41, 5.74) is 0. The Balaban J connectivity index is 2.40. The highest BCUT2D eigenvalue weighted by molar-refractivity contribution is 5.73. The molecule has 4 nitrogen and oxygen atoms in total. The molecule has 1 aliphatic rings. The highest BCUT2D eigenvalue weighted by Crippen LogP contribution is 2.15. The maximum atomic E-state index is 11.0. The van der Waals surface area contributed by atoms with E-state index in [1.807, 2.05) is 13.8 Å². The van der Waals surface area contributed by atoms with Gasteiger partial charge in [0.2, 0.25) is 0 Å². The molecule has 0 aliphatic carbocycles. The van der Waals surface area contributed by atoms with Crippen molar-refractivity contribution in [3.63, 3.8) is 0 Å². The average Bonchev–Trinajstić information content (AvgIpc) is 2.49. The first kappa shape index (κ1) is 12.5. The summed E-state index contributed by atoms with van der Waals surface area (Å²) in [4.78, 5) is 13.3. The fraction of sp³-hybridized carbons (Fsp3) is 0.909. The summed E-state index contributed by atoms with van der Waals surface area (Å²) in [7, 11) is 0. The smallest absolute Gasteiger partial charge is 0.322 e. The third kappa shape index (κ3) is 4.18. The molecule has 1 aliphatic heterocycles. The van der Waals surface area contributed by atoms with Crippen LogP contribution >= 0.6 is 0 Å². The van der Waals surface area contributed by atoms with Crippen LogP contribution in [0.4, 0.5) is 0 Å². The largest absolute Gasteiger partial charge is 0.480 e. The normalized spacial score (nSPS) is 24.7. The molecule has 2 unspecified atom stereocenters. The van der Waals surface area contributed by atoms with Crippen molar-refractivity contribution in [3.8, 4) is 0 Å². The summed E-state index contributed by atoms with van der Waals surface area (Å²) < 4.78 is 0. The van der Waals surface area contributed by atoms with E-state index in [1.165, 1.54) is 6.42 Å². The number of hydrogen-bond acceptors (Lipinski definition) is 3. The lowest BCUT2D eigenvalue weighted by Gasteiger charge is -2.23. The first-order chi connectivity index (χ1) is 6.99. The van der Waals surface area contributed by atoms with E-state index in [4.69, 9.17) is 5.11 Å². The van der Waals surface area contributed by atoms with Gasteiger partial charge in [0.15, 0.2) is 0 Å². The summed E-state index contributed by atoms with van der Waals surface area (Å²) >= 11 is 0. The number of hydrogen-bond donors (Lipinski definition) is 2. The molecular weight excluding hydrogens is 192 g/mol. The number of likely N-dealkylation sites (tertiary alicyclic amines) is 1. The van der Waals surface area contributed by atoms with E-state index in [-0.39, 0.29) is 6.04 Å². The Labute approximate surface area is 91.6 Å². The van der Waals surface area contributed by atoms with Crippen LogP contribution in [0.1, 0.15) is 27.2 Å². The fourth-order valence-corrected chi connectivity index (χ4v) is 2.05. The van der Waals surface area contributed by atoms with E-state index >= 15 is 0 Å². The van der Waals surface area contributed by atoms with Crippen LogP contribution < -0.4 is 5.32 Å². The minimum absolute atomic E-state index is 0.214. The van der Waals surface area contributed by atoms with Gasteiger partial charge < -0.3 is 15.3 Å². The van der Waals surface area contributed by atoms with Gasteiger partial charge in [0.25, 0.3) is 0 Å². The Hall–Kier alpha value is -0.610. The van der Waals surface area contributed by atoms with Crippen molar-refractivity contribution in [1.82, 2.24) is 10.2 Å². The molecule has 1 fully saturated rings. The monoisotopic (exact) mass is 214 g/mol. The minimum atomic E-state index is -0.747. The highest BCUT2D eigenvalue weighted by Gasteiger charge is 2.25. The van der Waals surface area contributed by atoms with E-state index < -0.39 is 12.0 Å². The molecule has 1 saturated heterocycles. The maximum absolute atomic E-state index is 11.0. The van der Waals surface area contributed by atoms with Crippen molar-refractivity contribution < 1.29 is 9.90 Å². The zero-order valence-corrected chi connectivity index (χ0v) is 9.86. The number of carboxylic acids is 1. The SMILES string of the molecule is CC1CCN(CC(NC(C)C)C(=O)O)C1. The van der Waals surface area contributed by atoms with E-state index in [0.29, 0.717) is 12.5 Å². The van der Waals surface area contributed by atoms with E-state index in [1.54, 1.807) is 0 Å². The molecule has 1 rings (SSSR count). The molecule has 0 spiro atoms. The molecule has 0 aromatic rings. The van der Waals surface area contributed by atoms with Crippen molar-refractivity contribution in [1.29, 1.82) is 0 Å². The van der Waals surface area contributed by atoms with Gasteiger partial charge in [-0.2, -0.15) is 0 Å². The molecule has 2 N–H and O–H groups in total. The number of nitrogens with zero attached hydrogens (tertiary/aromatic N) is 1. The molecule has 0 saturated carbocycles. The Morgan fingerprint density at radius 3 is 2.67 bits per heavy atom. The van der Waals surface area contributed by atoms with Crippen LogP contribution in [0, 0.1) is 5.92 Å². The van der Waals surface area contributed by atoms with Crippen LogP contribution in [0.3, 0.4) is 0 Å². The predicted octanol–water partition coefficient (Wildman–Crippen LogP) is 0.779. The van der Waals surface area contributed by atoms with Gasteiger partial charge in [-0.25, -0.2) is 0 Å². The number of nitrogens with one attached hydrogen (secondary N) is 1. The summed E-state index contributed by atoms with van der Waals surface area (Å²) in [6, 6.07) is -0.221. The number of rotatable bonds is 5. The fourth-order valence-electron chi connectivity index (χ4n) is 2.05. The van der Waals surface area contributed by atoms with Crippen molar-refractivity contribution in [3.05, 3.63) is 0 Å². The molecule has 0 aromatic heterocycles. The second-order valence-electron chi connectivity index (χ2n) is 4.87. The van der Waals surface area contributed by atoms with Crippen LogP contribution in [-0.2, 0) is 4.79 Å². The first-order valence-electron chi connectivity index (χ1n) is 5.70. The Kier molecular flexibility index (Phi) is 4.54. The van der Waals surface area contributed by atoms with Gasteiger partial charge in [-0.15, -0.1) is 0 Å². The van der Waals surface area contributed by atoms with E-state index in [2.05, 4.69) is 17.1 Å². The van der Waals surface area contributed by atoms with Crippen LogP contribution in [0.15, 0.2) is 0 Å². The highest BCUT2D eigenvalue weighted by atomic mass is 16.4. The van der Waals surface area contributed by atoms with Gasteiger partial charge >= 0.3 is 5.97 Å². The van der Waals surface area contributed by atoms with Crippen LogP contribution in [-0.4, -0.2) is 47.7 Å². The maximum Gasteiger partial charge on any atom is 0.322 e. The molecule has 15 heavy (non-hydrogen) atoms. The van der Waals surface area contributed by atoms with Crippen LogP contribution in [0.25, 0.3) is 0 Å². The molecule has 2 atom stereocenters. The van der Waals surface area contributed by atoms with Crippen molar-refractivity contribution in [2.45, 2.75) is 39.3 Å². The zero-order chi connectivity index (χ0) is 11.4. The lowest BCUT2D eigenvalue weighted by atomic mass is 10.2. The molecular formula is C11H22N2O2. The summed E-state index contributed by atoms with van der Waals surface area (Å²) in [6.07, 6.45) is 1.19. The zero-order valence-electron chi connectivity index (χ0n) is 9.86. The molecule has 0 bridgehead atoms. The molecule has 0 radical (unpaired) electrons. The number of aliphatic carboxylic acids is 1. The third-order valence-electron chi connectivity index (χ3n) is 2.78. The molecule has 0 aromatic carbocycles. The number of carbonyl (C=O) groups is 1. The van der Waals surface area contributed by atoms with E-state index in [9.17, 15) is 4.79 Å². The lowest BCUT2D eigenvalue weighted by molar-refractivity contribution is -0.140. The van der Waals surface area contributed by atoms with Crippen molar-refractivity contribution in [2.24, 2.45) is 5.92 Å². The number of carboxylic acid groups (broad SMARTS) is 1. The summed E-state index contributed by atoms with van der Waals surface area (Å²) in [5, 5.41) is 12.1. The topological polar surface area (TPSA) is 52.6 Å². The third-order valence-corrected chi connectivity index (χ3v) is 2.78. The second kappa shape index (κ2) is 5.47. The van der Waals surface area contributed by atoms with E-state index in [0.717, 1.165) is 13.1 Å². The van der Waals surface area contributed by atoms with Gasteiger partial charge in [0, 0.05) is 19.1 Å². The second-order valence-corrected chi connectivity index (χ2v) is 4.87. The Morgan fingerprint density at radius 2 is 2.27 bits per heavy atom. The van der Waals surface area contributed by atoms with Gasteiger partial charge in [0.05, 0.1) is 0 Å². The average molecular weight is 214 g/mol. The molecule has 4 heteroatoms. The molecule has 0 amide bonds. The molecule has 88 valence electrons. The van der Waals surface area contributed by atoms with Gasteiger partial charge in [-0.3, -0.25) is 4.79 Å². The first-order valence-corrected chi connectivity index (χ1v) is 5.70.